The highest BCUT2D eigenvalue weighted by Crippen LogP contribution is 2.19. The van der Waals surface area contributed by atoms with Gasteiger partial charge in [-0.15, -0.1) is 0 Å². The SMILES string of the molecule is CCN1CCC[C@H](NC(=O)N2CCN([C@@H](C)c3ccccn3)CC2)C1. The van der Waals surface area contributed by atoms with Crippen molar-refractivity contribution in [1.29, 1.82) is 0 Å². The normalized spacial score (nSPS) is 24.1. The monoisotopic (exact) mass is 345 g/mol. The first-order chi connectivity index (χ1) is 12.2. The number of carbonyl (C=O) groups is 1. The highest BCUT2D eigenvalue weighted by molar-refractivity contribution is 5.74. The second kappa shape index (κ2) is 8.63. The maximum absolute atomic E-state index is 12.6. The van der Waals surface area contributed by atoms with Crippen LogP contribution in [0, 0.1) is 0 Å². The van der Waals surface area contributed by atoms with Crippen molar-refractivity contribution in [2.24, 2.45) is 0 Å². The second-order valence-corrected chi connectivity index (χ2v) is 7.14. The molecule has 0 spiro atoms. The molecule has 6 nitrogen and oxygen atoms in total. The summed E-state index contributed by atoms with van der Waals surface area (Å²) >= 11 is 0. The Labute approximate surface area is 151 Å². The van der Waals surface area contributed by atoms with Gasteiger partial charge in [-0.25, -0.2) is 4.79 Å². The van der Waals surface area contributed by atoms with Crippen LogP contribution in [0.15, 0.2) is 24.4 Å². The third-order valence-electron chi connectivity index (χ3n) is 5.55. The van der Waals surface area contributed by atoms with E-state index in [0.717, 1.165) is 57.9 Å². The number of hydrogen-bond acceptors (Lipinski definition) is 4. The molecule has 1 aromatic heterocycles. The largest absolute Gasteiger partial charge is 0.334 e. The fourth-order valence-corrected chi connectivity index (χ4v) is 3.85. The molecule has 0 saturated carbocycles. The van der Waals surface area contributed by atoms with Crippen LogP contribution in [0.4, 0.5) is 4.79 Å². The molecule has 0 bridgehead atoms. The van der Waals surface area contributed by atoms with Gasteiger partial charge in [0.1, 0.15) is 0 Å². The summed E-state index contributed by atoms with van der Waals surface area (Å²) in [5.74, 6) is 0. The lowest BCUT2D eigenvalue weighted by Gasteiger charge is -2.39. The van der Waals surface area contributed by atoms with Crippen molar-refractivity contribution in [2.75, 3.05) is 45.8 Å². The number of nitrogens with zero attached hydrogens (tertiary/aromatic N) is 4. The van der Waals surface area contributed by atoms with Crippen LogP contribution >= 0.6 is 0 Å². The van der Waals surface area contributed by atoms with Gasteiger partial charge in [0.25, 0.3) is 0 Å². The van der Waals surface area contributed by atoms with Crippen LogP contribution < -0.4 is 5.32 Å². The van der Waals surface area contributed by atoms with Crippen molar-refractivity contribution in [1.82, 2.24) is 25.0 Å². The van der Waals surface area contributed by atoms with Gasteiger partial charge in [0.2, 0.25) is 0 Å². The Bertz CT molecular complexity index is 544. The number of urea groups is 1. The first-order valence-electron chi connectivity index (χ1n) is 9.60. The van der Waals surface area contributed by atoms with E-state index in [0.29, 0.717) is 12.1 Å². The van der Waals surface area contributed by atoms with Crippen LogP contribution in [0.5, 0.6) is 0 Å². The number of nitrogens with one attached hydrogen (secondary N) is 1. The van der Waals surface area contributed by atoms with E-state index < -0.39 is 0 Å². The maximum atomic E-state index is 12.6. The average Bonchev–Trinajstić information content (AvgIpc) is 2.68. The van der Waals surface area contributed by atoms with Crippen LogP contribution in [-0.2, 0) is 0 Å². The minimum atomic E-state index is 0.105. The summed E-state index contributed by atoms with van der Waals surface area (Å²) in [7, 11) is 0. The molecule has 3 rings (SSSR count). The number of likely N-dealkylation sites (N-methyl/N-ethyl adjacent to an activating group) is 1. The molecular weight excluding hydrogens is 314 g/mol. The zero-order valence-corrected chi connectivity index (χ0v) is 15.5. The molecule has 2 saturated heterocycles. The van der Waals surface area contributed by atoms with E-state index in [9.17, 15) is 4.79 Å². The summed E-state index contributed by atoms with van der Waals surface area (Å²) in [5.41, 5.74) is 1.10. The Hall–Kier alpha value is -1.66. The molecule has 0 aliphatic carbocycles. The molecule has 2 aliphatic rings. The quantitative estimate of drug-likeness (QED) is 0.906. The smallest absolute Gasteiger partial charge is 0.317 e. The fourth-order valence-electron chi connectivity index (χ4n) is 3.85. The molecule has 2 amide bonds. The number of aromatic nitrogens is 1. The Morgan fingerprint density at radius 3 is 2.76 bits per heavy atom. The van der Waals surface area contributed by atoms with Gasteiger partial charge in [-0.05, 0) is 45.0 Å². The highest BCUT2D eigenvalue weighted by atomic mass is 16.2. The Morgan fingerprint density at radius 2 is 2.08 bits per heavy atom. The number of piperazine rings is 1. The van der Waals surface area contributed by atoms with Crippen molar-refractivity contribution in [3.63, 3.8) is 0 Å². The predicted octanol–water partition coefficient (Wildman–Crippen LogP) is 1.95. The van der Waals surface area contributed by atoms with Gasteiger partial charge >= 0.3 is 6.03 Å². The van der Waals surface area contributed by atoms with E-state index in [1.165, 1.54) is 6.42 Å². The van der Waals surface area contributed by atoms with Crippen molar-refractivity contribution in [3.05, 3.63) is 30.1 Å². The van der Waals surface area contributed by atoms with Crippen molar-refractivity contribution in [2.45, 2.75) is 38.8 Å². The lowest BCUT2D eigenvalue weighted by molar-refractivity contribution is 0.108. The van der Waals surface area contributed by atoms with E-state index in [2.05, 4.69) is 40.0 Å². The van der Waals surface area contributed by atoms with Gasteiger partial charge in [0, 0.05) is 51.0 Å². The van der Waals surface area contributed by atoms with Gasteiger partial charge in [-0.1, -0.05) is 13.0 Å². The molecule has 25 heavy (non-hydrogen) atoms. The molecule has 1 aromatic rings. The summed E-state index contributed by atoms with van der Waals surface area (Å²) in [6.07, 6.45) is 4.12. The van der Waals surface area contributed by atoms with Crippen LogP contribution in [-0.4, -0.2) is 77.6 Å². The maximum Gasteiger partial charge on any atom is 0.317 e. The molecule has 1 N–H and O–H groups in total. The molecule has 2 aliphatic heterocycles. The number of pyridine rings is 1. The Balaban J connectivity index is 1.46. The summed E-state index contributed by atoms with van der Waals surface area (Å²) in [5, 5.41) is 3.24. The summed E-state index contributed by atoms with van der Waals surface area (Å²) in [6.45, 7) is 11.0. The molecule has 0 radical (unpaired) electrons. The average molecular weight is 345 g/mol. The Morgan fingerprint density at radius 1 is 1.28 bits per heavy atom. The minimum absolute atomic E-state index is 0.105. The number of hydrogen-bond donors (Lipinski definition) is 1. The lowest BCUT2D eigenvalue weighted by Crippen LogP contribution is -2.56. The molecular formula is C19H31N5O. The van der Waals surface area contributed by atoms with Gasteiger partial charge in [-0.2, -0.15) is 0 Å². The van der Waals surface area contributed by atoms with E-state index in [1.807, 2.05) is 23.2 Å². The minimum Gasteiger partial charge on any atom is -0.334 e. The summed E-state index contributed by atoms with van der Waals surface area (Å²) < 4.78 is 0. The molecule has 2 atom stereocenters. The highest BCUT2D eigenvalue weighted by Gasteiger charge is 2.27. The third kappa shape index (κ3) is 4.70. The standard InChI is InChI=1S/C19H31N5O/c1-3-22-10-6-7-17(15-22)21-19(25)24-13-11-23(12-14-24)16(2)18-8-4-5-9-20-18/h4-5,8-9,16-17H,3,6-7,10-15H2,1-2H3,(H,21,25)/t16-,17-/m0/s1. The van der Waals surface area contributed by atoms with Gasteiger partial charge in [0.15, 0.2) is 0 Å². The van der Waals surface area contributed by atoms with E-state index >= 15 is 0 Å². The summed E-state index contributed by atoms with van der Waals surface area (Å²) in [4.78, 5) is 23.8. The van der Waals surface area contributed by atoms with Gasteiger partial charge < -0.3 is 15.1 Å². The summed E-state index contributed by atoms with van der Waals surface area (Å²) in [6, 6.07) is 6.75. The molecule has 2 fully saturated rings. The van der Waals surface area contributed by atoms with E-state index in [4.69, 9.17) is 0 Å². The molecule has 6 heteroatoms. The molecule has 0 aromatic carbocycles. The fraction of sp³-hybridized carbons (Fsp3) is 0.684. The van der Waals surface area contributed by atoms with Gasteiger partial charge in [0.05, 0.1) is 5.69 Å². The van der Waals surface area contributed by atoms with Gasteiger partial charge in [-0.3, -0.25) is 9.88 Å². The number of likely N-dealkylation sites (tertiary alicyclic amines) is 1. The first-order valence-corrected chi connectivity index (χ1v) is 9.60. The zero-order chi connectivity index (χ0) is 17.6. The predicted molar refractivity (Wildman–Crippen MR) is 99.5 cm³/mol. The van der Waals surface area contributed by atoms with Crippen LogP contribution in [0.2, 0.25) is 0 Å². The molecule has 138 valence electrons. The van der Waals surface area contributed by atoms with Crippen LogP contribution in [0.3, 0.4) is 0 Å². The number of amides is 2. The number of rotatable bonds is 4. The van der Waals surface area contributed by atoms with Crippen molar-refractivity contribution < 1.29 is 4.79 Å². The Kier molecular flexibility index (Phi) is 6.26. The number of piperidine rings is 1. The molecule has 3 heterocycles. The lowest BCUT2D eigenvalue weighted by atomic mass is 10.1. The topological polar surface area (TPSA) is 51.7 Å². The molecule has 0 unspecified atom stereocenters. The van der Waals surface area contributed by atoms with E-state index in [-0.39, 0.29) is 6.03 Å². The van der Waals surface area contributed by atoms with Crippen molar-refractivity contribution >= 4 is 6.03 Å². The van der Waals surface area contributed by atoms with E-state index in [1.54, 1.807) is 0 Å². The second-order valence-electron chi connectivity index (χ2n) is 7.14. The zero-order valence-electron chi connectivity index (χ0n) is 15.5. The number of carbonyl (C=O) groups excluding carboxylic acids is 1. The van der Waals surface area contributed by atoms with Crippen LogP contribution in [0.25, 0.3) is 0 Å². The third-order valence-corrected chi connectivity index (χ3v) is 5.55. The van der Waals surface area contributed by atoms with Crippen LogP contribution in [0.1, 0.15) is 38.4 Å². The van der Waals surface area contributed by atoms with Crippen molar-refractivity contribution in [3.8, 4) is 0 Å². The first kappa shape index (κ1) is 18.1.